The maximum Gasteiger partial charge on any atom is 0.257 e. The summed E-state index contributed by atoms with van der Waals surface area (Å²) in [5.74, 6) is 1.18. The van der Waals surface area contributed by atoms with Gasteiger partial charge in [-0.05, 0) is 36.4 Å². The van der Waals surface area contributed by atoms with E-state index in [-0.39, 0.29) is 5.91 Å². The highest BCUT2D eigenvalue weighted by Crippen LogP contribution is 2.19. The lowest BCUT2D eigenvalue weighted by atomic mass is 10.2. The Morgan fingerprint density at radius 1 is 1.04 bits per heavy atom. The number of nitrogens with one attached hydrogen (secondary N) is 1. The largest absolute Gasteiger partial charge is 0.467 e. The lowest BCUT2D eigenvalue weighted by Crippen LogP contribution is -2.23. The number of carbonyl (C=O) groups excluding carboxylic acids is 1. The fourth-order valence-corrected chi connectivity index (χ4v) is 2.66. The van der Waals surface area contributed by atoms with Gasteiger partial charge in [-0.3, -0.25) is 4.79 Å². The van der Waals surface area contributed by atoms with Crippen molar-refractivity contribution in [2.45, 2.75) is 6.54 Å². The third-order valence-corrected chi connectivity index (χ3v) is 3.84. The third-order valence-electron chi connectivity index (χ3n) is 3.84. The van der Waals surface area contributed by atoms with E-state index in [0.717, 1.165) is 5.69 Å². The van der Waals surface area contributed by atoms with Crippen molar-refractivity contribution in [1.82, 2.24) is 19.7 Å². The van der Waals surface area contributed by atoms with E-state index in [1.807, 2.05) is 65.5 Å². The van der Waals surface area contributed by atoms with Gasteiger partial charge in [0.1, 0.15) is 11.3 Å². The van der Waals surface area contributed by atoms with Gasteiger partial charge in [-0.2, -0.15) is 5.10 Å². The van der Waals surface area contributed by atoms with E-state index in [4.69, 9.17) is 4.42 Å². The Balaban J connectivity index is 1.70. The van der Waals surface area contributed by atoms with Crippen LogP contribution >= 0.6 is 0 Å². The molecule has 0 bridgehead atoms. The first kappa shape index (κ1) is 15.0. The molecule has 0 atom stereocenters. The van der Waals surface area contributed by atoms with Crippen LogP contribution in [0.3, 0.4) is 0 Å². The van der Waals surface area contributed by atoms with E-state index < -0.39 is 0 Å². The summed E-state index contributed by atoms with van der Waals surface area (Å²) in [5.41, 5.74) is 1.38. The number of carbonyl (C=O) groups is 1. The molecule has 25 heavy (non-hydrogen) atoms. The van der Waals surface area contributed by atoms with Gasteiger partial charge in [0.2, 0.25) is 0 Å². The molecule has 3 heterocycles. The molecule has 6 heteroatoms. The predicted molar refractivity (Wildman–Crippen MR) is 92.8 cm³/mol. The molecule has 1 N–H and O–H groups in total. The van der Waals surface area contributed by atoms with Crippen LogP contribution in [0.4, 0.5) is 0 Å². The van der Waals surface area contributed by atoms with Gasteiger partial charge in [-0.1, -0.05) is 18.2 Å². The minimum atomic E-state index is -0.206. The molecule has 0 unspecified atom stereocenters. The molecule has 6 nitrogen and oxygen atoms in total. The van der Waals surface area contributed by atoms with Gasteiger partial charge < -0.3 is 14.3 Å². The van der Waals surface area contributed by atoms with Crippen molar-refractivity contribution in [2.24, 2.45) is 0 Å². The fraction of sp³-hybridized carbons (Fsp3) is 0.0526. The monoisotopic (exact) mass is 332 g/mol. The topological polar surface area (TPSA) is 65.0 Å². The standard InChI is InChI=1S/C19H16N4O2/c24-18(20-13-16-9-6-12-25-16)17-14-21-23(15-7-2-1-3-8-15)19(17)22-10-4-5-11-22/h1-12,14H,13H2,(H,20,24). The van der Waals surface area contributed by atoms with Crippen molar-refractivity contribution in [3.63, 3.8) is 0 Å². The maximum absolute atomic E-state index is 12.7. The molecule has 124 valence electrons. The van der Waals surface area contributed by atoms with E-state index in [1.165, 1.54) is 0 Å². The van der Waals surface area contributed by atoms with Crippen LogP contribution in [0.5, 0.6) is 0 Å². The van der Waals surface area contributed by atoms with Crippen molar-refractivity contribution < 1.29 is 9.21 Å². The van der Waals surface area contributed by atoms with E-state index in [2.05, 4.69) is 10.4 Å². The van der Waals surface area contributed by atoms with Crippen molar-refractivity contribution >= 4 is 5.91 Å². The Morgan fingerprint density at radius 3 is 2.56 bits per heavy atom. The Morgan fingerprint density at radius 2 is 1.84 bits per heavy atom. The van der Waals surface area contributed by atoms with Gasteiger partial charge in [0.25, 0.3) is 5.91 Å². The van der Waals surface area contributed by atoms with Crippen molar-refractivity contribution in [1.29, 1.82) is 0 Å². The lowest BCUT2D eigenvalue weighted by Gasteiger charge is -2.11. The normalized spacial score (nSPS) is 10.7. The molecule has 3 aromatic heterocycles. The quantitative estimate of drug-likeness (QED) is 0.610. The fourth-order valence-electron chi connectivity index (χ4n) is 2.66. The molecule has 4 rings (SSSR count). The second-order valence-electron chi connectivity index (χ2n) is 5.48. The minimum Gasteiger partial charge on any atom is -0.467 e. The molecule has 0 aliphatic rings. The first-order valence-corrected chi connectivity index (χ1v) is 7.90. The van der Waals surface area contributed by atoms with Crippen LogP contribution < -0.4 is 5.32 Å². The number of hydrogen-bond donors (Lipinski definition) is 1. The highest BCUT2D eigenvalue weighted by Gasteiger charge is 2.19. The van der Waals surface area contributed by atoms with Gasteiger partial charge in [-0.25, -0.2) is 4.68 Å². The average Bonchev–Trinajstić information content (AvgIpc) is 3.41. The predicted octanol–water partition coefficient (Wildman–Crippen LogP) is 3.19. The Hall–Kier alpha value is -3.54. The number of amides is 1. The van der Waals surface area contributed by atoms with E-state index in [0.29, 0.717) is 23.7 Å². The van der Waals surface area contributed by atoms with Gasteiger partial charge in [-0.15, -0.1) is 0 Å². The van der Waals surface area contributed by atoms with Gasteiger partial charge in [0, 0.05) is 12.4 Å². The van der Waals surface area contributed by atoms with E-state index >= 15 is 0 Å². The molecule has 1 aromatic carbocycles. The first-order chi connectivity index (χ1) is 12.3. The summed E-state index contributed by atoms with van der Waals surface area (Å²) in [6, 6.07) is 17.1. The van der Waals surface area contributed by atoms with Crippen LogP contribution in [-0.4, -0.2) is 20.3 Å². The van der Waals surface area contributed by atoms with Crippen LogP contribution in [0, 0.1) is 0 Å². The Kier molecular flexibility index (Phi) is 3.92. The van der Waals surface area contributed by atoms with Crippen molar-refractivity contribution in [3.05, 3.63) is 90.8 Å². The third kappa shape index (κ3) is 2.97. The zero-order valence-corrected chi connectivity index (χ0v) is 13.4. The number of furan rings is 1. The summed E-state index contributed by atoms with van der Waals surface area (Å²) >= 11 is 0. The summed E-state index contributed by atoms with van der Waals surface area (Å²) in [7, 11) is 0. The number of nitrogens with zero attached hydrogens (tertiary/aromatic N) is 3. The summed E-state index contributed by atoms with van der Waals surface area (Å²) in [6.07, 6.45) is 6.94. The maximum atomic E-state index is 12.7. The molecule has 0 saturated carbocycles. The van der Waals surface area contributed by atoms with Crippen LogP contribution in [-0.2, 0) is 6.54 Å². The molecule has 0 saturated heterocycles. The van der Waals surface area contributed by atoms with E-state index in [9.17, 15) is 4.79 Å². The summed E-state index contributed by atoms with van der Waals surface area (Å²) in [4.78, 5) is 12.7. The smallest absolute Gasteiger partial charge is 0.257 e. The average molecular weight is 332 g/mol. The second-order valence-corrected chi connectivity index (χ2v) is 5.48. The number of rotatable bonds is 5. The number of hydrogen-bond acceptors (Lipinski definition) is 3. The highest BCUT2D eigenvalue weighted by molar-refractivity contribution is 5.97. The molecule has 0 aliphatic heterocycles. The lowest BCUT2D eigenvalue weighted by molar-refractivity contribution is 0.0948. The Bertz CT molecular complexity index is 954. The van der Waals surface area contributed by atoms with Gasteiger partial charge in [0.15, 0.2) is 5.82 Å². The minimum absolute atomic E-state index is 0.206. The molecule has 0 aliphatic carbocycles. The van der Waals surface area contributed by atoms with Gasteiger partial charge >= 0.3 is 0 Å². The molecular weight excluding hydrogens is 316 g/mol. The van der Waals surface area contributed by atoms with Crippen molar-refractivity contribution in [2.75, 3.05) is 0 Å². The number of benzene rings is 1. The molecular formula is C19H16N4O2. The zero-order valence-electron chi connectivity index (χ0n) is 13.4. The van der Waals surface area contributed by atoms with Crippen LogP contribution in [0.2, 0.25) is 0 Å². The molecule has 0 fully saturated rings. The molecule has 4 aromatic rings. The second kappa shape index (κ2) is 6.52. The molecule has 0 radical (unpaired) electrons. The van der Waals surface area contributed by atoms with Crippen LogP contribution in [0.25, 0.3) is 11.5 Å². The molecule has 1 amide bonds. The Labute approximate surface area is 144 Å². The van der Waals surface area contributed by atoms with Crippen LogP contribution in [0.1, 0.15) is 16.1 Å². The molecule has 0 spiro atoms. The number of para-hydroxylation sites is 1. The van der Waals surface area contributed by atoms with Crippen LogP contribution in [0.15, 0.2) is 83.9 Å². The zero-order chi connectivity index (χ0) is 17.1. The summed E-state index contributed by atoms with van der Waals surface area (Å²) in [5, 5.41) is 7.29. The van der Waals surface area contributed by atoms with Crippen molar-refractivity contribution in [3.8, 4) is 11.5 Å². The first-order valence-electron chi connectivity index (χ1n) is 7.90. The number of aromatic nitrogens is 3. The SMILES string of the molecule is O=C(NCc1ccco1)c1cnn(-c2ccccc2)c1-n1cccc1. The highest BCUT2D eigenvalue weighted by atomic mass is 16.3. The summed E-state index contributed by atoms with van der Waals surface area (Å²) in [6.45, 7) is 0.327. The van der Waals surface area contributed by atoms with Gasteiger partial charge in [0.05, 0.1) is 24.7 Å². The van der Waals surface area contributed by atoms with E-state index in [1.54, 1.807) is 23.2 Å². The summed E-state index contributed by atoms with van der Waals surface area (Å²) < 4.78 is 8.88.